The number of fused-ring (bicyclic) bond motifs is 6. The van der Waals surface area contributed by atoms with Gasteiger partial charge in [0.15, 0.2) is 5.58 Å². The van der Waals surface area contributed by atoms with E-state index in [-0.39, 0.29) is 0 Å². The molecule has 2 heteroatoms. The van der Waals surface area contributed by atoms with E-state index in [9.17, 15) is 0 Å². The molecule has 2 nitrogen and oxygen atoms in total. The molecule has 268 valence electrons. The first-order valence-electron chi connectivity index (χ1n) is 19.6. The highest BCUT2D eigenvalue weighted by Gasteiger charge is 2.46. The number of rotatable bonds is 7. The largest absolute Gasteiger partial charge is 0.454 e. The smallest absolute Gasteiger partial charge is 0.159 e. The Bertz CT molecular complexity index is 3030. The van der Waals surface area contributed by atoms with E-state index >= 15 is 0 Å². The minimum atomic E-state index is -0.541. The van der Waals surface area contributed by atoms with E-state index in [0.29, 0.717) is 0 Å². The zero-order valence-corrected chi connectivity index (χ0v) is 31.2. The molecule has 0 radical (unpaired) electrons. The first-order chi connectivity index (χ1) is 28.3. The fourth-order valence-corrected chi connectivity index (χ4v) is 9.37. The molecule has 11 rings (SSSR count). The van der Waals surface area contributed by atoms with E-state index in [1.165, 1.54) is 44.5 Å². The Morgan fingerprint density at radius 2 is 0.895 bits per heavy atom. The van der Waals surface area contributed by atoms with Crippen molar-refractivity contribution in [2.24, 2.45) is 0 Å². The van der Waals surface area contributed by atoms with Gasteiger partial charge in [0.05, 0.1) is 16.8 Å². The predicted molar refractivity (Wildman–Crippen MR) is 237 cm³/mol. The van der Waals surface area contributed by atoms with Crippen molar-refractivity contribution in [2.45, 2.75) is 5.41 Å². The fraction of sp³-hybridized carbons (Fsp3) is 0.0182. The SMILES string of the molecule is c1ccc(-c2ccccc2-c2ccccc2N(c2ccc3c(c2)C(c2ccccc2)(c2ccccc2)c2ccccc2-3)c2cccc3c2oc2ccccc23)cc1. The minimum absolute atomic E-state index is 0.541. The lowest BCUT2D eigenvalue weighted by Gasteiger charge is -2.35. The van der Waals surface area contributed by atoms with Crippen molar-refractivity contribution in [1.82, 2.24) is 0 Å². The predicted octanol–water partition coefficient (Wildman–Crippen LogP) is 14.8. The fourth-order valence-electron chi connectivity index (χ4n) is 9.37. The van der Waals surface area contributed by atoms with Crippen LogP contribution in [0.15, 0.2) is 229 Å². The summed E-state index contributed by atoms with van der Waals surface area (Å²) in [6.45, 7) is 0. The van der Waals surface area contributed by atoms with E-state index < -0.39 is 5.41 Å². The Morgan fingerprint density at radius 3 is 1.65 bits per heavy atom. The molecule has 1 heterocycles. The Hall–Kier alpha value is -7.42. The van der Waals surface area contributed by atoms with Crippen LogP contribution in [0.2, 0.25) is 0 Å². The molecule has 0 unspecified atom stereocenters. The van der Waals surface area contributed by atoms with Crippen molar-refractivity contribution >= 4 is 39.0 Å². The third-order valence-corrected chi connectivity index (χ3v) is 11.8. The zero-order valence-electron chi connectivity index (χ0n) is 31.2. The van der Waals surface area contributed by atoms with E-state index in [2.05, 4.69) is 223 Å². The molecule has 1 aliphatic rings. The van der Waals surface area contributed by atoms with Gasteiger partial charge in [0.2, 0.25) is 0 Å². The van der Waals surface area contributed by atoms with Gasteiger partial charge in [-0.1, -0.05) is 194 Å². The van der Waals surface area contributed by atoms with Crippen LogP contribution in [0.3, 0.4) is 0 Å². The van der Waals surface area contributed by atoms with Crippen molar-refractivity contribution < 1.29 is 4.42 Å². The van der Waals surface area contributed by atoms with E-state index in [1.54, 1.807) is 0 Å². The van der Waals surface area contributed by atoms with Crippen molar-refractivity contribution in [1.29, 1.82) is 0 Å². The highest BCUT2D eigenvalue weighted by atomic mass is 16.3. The van der Waals surface area contributed by atoms with Gasteiger partial charge in [0, 0.05) is 22.0 Å². The van der Waals surface area contributed by atoms with Crippen LogP contribution in [0, 0.1) is 0 Å². The molecule has 0 amide bonds. The van der Waals surface area contributed by atoms with Crippen LogP contribution in [0.4, 0.5) is 17.1 Å². The van der Waals surface area contributed by atoms with Crippen LogP contribution in [0.25, 0.3) is 55.3 Å². The second-order valence-electron chi connectivity index (χ2n) is 14.8. The number of anilines is 3. The second-order valence-corrected chi connectivity index (χ2v) is 14.8. The number of nitrogens with zero attached hydrogens (tertiary/aromatic N) is 1. The lowest BCUT2D eigenvalue weighted by molar-refractivity contribution is 0.669. The molecule has 0 atom stereocenters. The number of para-hydroxylation sites is 3. The molecule has 0 saturated carbocycles. The van der Waals surface area contributed by atoms with Gasteiger partial charge < -0.3 is 9.32 Å². The third-order valence-electron chi connectivity index (χ3n) is 11.8. The molecule has 57 heavy (non-hydrogen) atoms. The van der Waals surface area contributed by atoms with E-state index in [1.807, 2.05) is 6.07 Å². The second kappa shape index (κ2) is 13.4. The minimum Gasteiger partial charge on any atom is -0.454 e. The maximum Gasteiger partial charge on any atom is 0.159 e. The van der Waals surface area contributed by atoms with Crippen LogP contribution in [0.5, 0.6) is 0 Å². The number of benzene rings is 9. The van der Waals surface area contributed by atoms with Crippen molar-refractivity contribution in [3.63, 3.8) is 0 Å². The topological polar surface area (TPSA) is 16.4 Å². The molecule has 0 bridgehead atoms. The maximum atomic E-state index is 6.83. The number of furan rings is 1. The first kappa shape index (κ1) is 33.0. The maximum absolute atomic E-state index is 6.83. The highest BCUT2D eigenvalue weighted by molar-refractivity contribution is 6.11. The van der Waals surface area contributed by atoms with Gasteiger partial charge in [-0.25, -0.2) is 0 Å². The molecule has 9 aromatic carbocycles. The molecular weight excluding hydrogens is 691 g/mol. The molecule has 0 fully saturated rings. The average molecular weight is 728 g/mol. The lowest BCUT2D eigenvalue weighted by atomic mass is 9.67. The Morgan fingerprint density at radius 1 is 0.351 bits per heavy atom. The zero-order chi connectivity index (χ0) is 37.8. The lowest BCUT2D eigenvalue weighted by Crippen LogP contribution is -2.28. The van der Waals surface area contributed by atoms with Crippen LogP contribution in [-0.2, 0) is 5.41 Å². The van der Waals surface area contributed by atoms with Gasteiger partial charge in [-0.15, -0.1) is 0 Å². The number of hydrogen-bond acceptors (Lipinski definition) is 2. The summed E-state index contributed by atoms with van der Waals surface area (Å²) in [5, 5.41) is 2.19. The summed E-state index contributed by atoms with van der Waals surface area (Å²) in [5.74, 6) is 0. The molecule has 1 aromatic heterocycles. The standard InChI is InChI=1S/C55H37NO/c1-4-19-38(20-5-1)42-25-10-11-26-43(42)46-28-13-16-32-51(46)56(52-33-18-30-48-47-29-14-17-34-53(47)57-54(48)52)41-35-36-45-44-27-12-15-31-49(44)55(50(45)37-41,39-21-6-2-7-22-39)40-23-8-3-9-24-40/h1-37H. The van der Waals surface area contributed by atoms with Crippen LogP contribution < -0.4 is 4.90 Å². The van der Waals surface area contributed by atoms with Gasteiger partial charge in [-0.05, 0) is 80.4 Å². The quantitative estimate of drug-likeness (QED) is 0.163. The molecule has 10 aromatic rings. The highest BCUT2D eigenvalue weighted by Crippen LogP contribution is 2.58. The Labute approximate surface area is 332 Å². The van der Waals surface area contributed by atoms with Gasteiger partial charge >= 0.3 is 0 Å². The summed E-state index contributed by atoms with van der Waals surface area (Å²) in [5.41, 5.74) is 16.5. The number of hydrogen-bond donors (Lipinski definition) is 0. The normalized spacial score (nSPS) is 12.7. The van der Waals surface area contributed by atoms with E-state index in [0.717, 1.165) is 50.1 Å². The van der Waals surface area contributed by atoms with Gasteiger partial charge in [0.1, 0.15) is 5.58 Å². The third kappa shape index (κ3) is 5.11. The molecule has 1 aliphatic carbocycles. The van der Waals surface area contributed by atoms with Crippen molar-refractivity contribution in [3.8, 4) is 33.4 Å². The summed E-state index contributed by atoms with van der Waals surface area (Å²) in [7, 11) is 0. The molecule has 0 spiro atoms. The Balaban J connectivity index is 1.23. The summed E-state index contributed by atoms with van der Waals surface area (Å²) in [4.78, 5) is 2.42. The molecular formula is C55H37NO. The summed E-state index contributed by atoms with van der Waals surface area (Å²) < 4.78 is 6.83. The monoisotopic (exact) mass is 727 g/mol. The average Bonchev–Trinajstić information content (AvgIpc) is 3.82. The molecule has 0 aliphatic heterocycles. The first-order valence-corrected chi connectivity index (χ1v) is 19.6. The van der Waals surface area contributed by atoms with Crippen LogP contribution in [-0.4, -0.2) is 0 Å². The van der Waals surface area contributed by atoms with Gasteiger partial charge in [-0.3, -0.25) is 0 Å². The molecule has 0 N–H and O–H groups in total. The van der Waals surface area contributed by atoms with Crippen molar-refractivity contribution in [2.75, 3.05) is 4.90 Å². The van der Waals surface area contributed by atoms with Crippen molar-refractivity contribution in [3.05, 3.63) is 247 Å². The van der Waals surface area contributed by atoms with Gasteiger partial charge in [0.25, 0.3) is 0 Å². The van der Waals surface area contributed by atoms with E-state index in [4.69, 9.17) is 4.42 Å². The summed E-state index contributed by atoms with van der Waals surface area (Å²) in [6, 6.07) is 81.2. The van der Waals surface area contributed by atoms with Gasteiger partial charge in [-0.2, -0.15) is 0 Å². The molecule has 0 saturated heterocycles. The van der Waals surface area contributed by atoms with Crippen LogP contribution >= 0.6 is 0 Å². The Kier molecular flexibility index (Phi) is 7.75. The summed E-state index contributed by atoms with van der Waals surface area (Å²) in [6.07, 6.45) is 0. The summed E-state index contributed by atoms with van der Waals surface area (Å²) >= 11 is 0. The van der Waals surface area contributed by atoms with Crippen LogP contribution in [0.1, 0.15) is 22.3 Å².